The lowest BCUT2D eigenvalue weighted by atomic mass is 10.1. The summed E-state index contributed by atoms with van der Waals surface area (Å²) in [6.45, 7) is 0.923. The highest BCUT2D eigenvalue weighted by molar-refractivity contribution is 7.90. The first-order valence-electron chi connectivity index (χ1n) is 9.91. The summed E-state index contributed by atoms with van der Waals surface area (Å²) in [7, 11) is -1.76. The van der Waals surface area contributed by atoms with Crippen LogP contribution in [0, 0.1) is 0 Å². The van der Waals surface area contributed by atoms with Crippen molar-refractivity contribution in [3.63, 3.8) is 0 Å². The molecule has 1 saturated heterocycles. The molecule has 0 saturated carbocycles. The summed E-state index contributed by atoms with van der Waals surface area (Å²) >= 11 is 0. The Kier molecular flexibility index (Phi) is 4.52. The third-order valence-electron chi connectivity index (χ3n) is 5.87. The van der Waals surface area contributed by atoms with Gasteiger partial charge in [-0.05, 0) is 62.7 Å². The second kappa shape index (κ2) is 7.10. The molecule has 1 N–H and O–H groups in total. The van der Waals surface area contributed by atoms with Crippen molar-refractivity contribution in [1.29, 1.82) is 0 Å². The number of hydrogen-bond donors (Lipinski definition) is 1. The molecule has 30 heavy (non-hydrogen) atoms. The molecule has 2 aromatic heterocycles. The second-order valence-electron chi connectivity index (χ2n) is 7.80. The van der Waals surface area contributed by atoms with Crippen LogP contribution in [-0.4, -0.2) is 54.4 Å². The van der Waals surface area contributed by atoms with Crippen molar-refractivity contribution in [2.24, 2.45) is 0 Å². The molecule has 1 aromatic carbocycles. The molecule has 0 unspecified atom stereocenters. The molecule has 8 nitrogen and oxygen atoms in total. The van der Waals surface area contributed by atoms with Gasteiger partial charge in [-0.25, -0.2) is 12.4 Å². The molecule has 9 heteroatoms. The highest BCUT2D eigenvalue weighted by atomic mass is 32.2. The zero-order chi connectivity index (χ0) is 20.9. The fourth-order valence-electron chi connectivity index (χ4n) is 4.26. The first-order valence-corrected chi connectivity index (χ1v) is 11.3. The van der Waals surface area contributed by atoms with Gasteiger partial charge in [0.1, 0.15) is 5.75 Å². The number of rotatable bonds is 4. The zero-order valence-electron chi connectivity index (χ0n) is 16.5. The van der Waals surface area contributed by atoms with Gasteiger partial charge in [0, 0.05) is 24.5 Å². The van der Waals surface area contributed by atoms with Crippen LogP contribution in [0.1, 0.15) is 18.4 Å². The predicted molar refractivity (Wildman–Crippen MR) is 112 cm³/mol. The fourth-order valence-corrected chi connectivity index (χ4v) is 5.66. The molecule has 1 amide bonds. The fraction of sp³-hybridized carbons (Fsp3) is 0.333. The minimum Gasteiger partial charge on any atom is -0.482 e. The lowest BCUT2D eigenvalue weighted by Crippen LogP contribution is -2.26. The number of likely N-dealkylation sites (tertiary alicyclic amines) is 1. The summed E-state index contributed by atoms with van der Waals surface area (Å²) in [5.41, 5.74) is 2.66. The van der Waals surface area contributed by atoms with Crippen LogP contribution in [0.5, 0.6) is 5.75 Å². The van der Waals surface area contributed by atoms with E-state index >= 15 is 0 Å². The van der Waals surface area contributed by atoms with Gasteiger partial charge in [-0.1, -0.05) is 0 Å². The number of ether oxygens (including phenoxy) is 1. The van der Waals surface area contributed by atoms with Crippen LogP contribution in [0.4, 0.5) is 5.69 Å². The third-order valence-corrected chi connectivity index (χ3v) is 7.54. The van der Waals surface area contributed by atoms with Crippen molar-refractivity contribution in [1.82, 2.24) is 13.9 Å². The number of carbonyl (C=O) groups excluding carboxylic acids is 1. The Morgan fingerprint density at radius 2 is 2.17 bits per heavy atom. The first kappa shape index (κ1) is 19.1. The maximum absolute atomic E-state index is 13.5. The van der Waals surface area contributed by atoms with Crippen LogP contribution in [0.15, 0.2) is 47.6 Å². The lowest BCUT2D eigenvalue weighted by Gasteiger charge is -2.19. The summed E-state index contributed by atoms with van der Waals surface area (Å²) in [5.74, 6) is 0.0835. The van der Waals surface area contributed by atoms with Crippen LogP contribution in [0.25, 0.3) is 11.0 Å². The van der Waals surface area contributed by atoms with E-state index < -0.39 is 10.0 Å². The molecule has 0 radical (unpaired) electrons. The van der Waals surface area contributed by atoms with Crippen molar-refractivity contribution in [2.45, 2.75) is 30.2 Å². The van der Waals surface area contributed by atoms with E-state index in [-0.39, 0.29) is 17.4 Å². The molecular weight excluding hydrogens is 404 g/mol. The van der Waals surface area contributed by atoms with Crippen LogP contribution in [0.3, 0.4) is 0 Å². The monoisotopic (exact) mass is 426 g/mol. The van der Waals surface area contributed by atoms with Crippen LogP contribution >= 0.6 is 0 Å². The Labute approximate surface area is 174 Å². The normalized spacial score (nSPS) is 19.5. The number of hydrogen-bond acceptors (Lipinski definition) is 6. The molecule has 0 aliphatic carbocycles. The molecule has 1 fully saturated rings. The van der Waals surface area contributed by atoms with Crippen LogP contribution in [-0.2, 0) is 21.2 Å². The van der Waals surface area contributed by atoms with E-state index in [1.165, 1.54) is 16.1 Å². The van der Waals surface area contributed by atoms with Gasteiger partial charge in [0.05, 0.1) is 21.6 Å². The summed E-state index contributed by atoms with van der Waals surface area (Å²) in [6, 6.07) is 8.39. The minimum atomic E-state index is -3.87. The largest absolute Gasteiger partial charge is 0.482 e. The zero-order valence-corrected chi connectivity index (χ0v) is 17.4. The van der Waals surface area contributed by atoms with Gasteiger partial charge in [-0.2, -0.15) is 0 Å². The summed E-state index contributed by atoms with van der Waals surface area (Å²) in [6.07, 6.45) is 6.39. The van der Waals surface area contributed by atoms with Crippen LogP contribution < -0.4 is 10.1 Å². The van der Waals surface area contributed by atoms with Crippen molar-refractivity contribution in [3.8, 4) is 5.75 Å². The lowest BCUT2D eigenvalue weighted by molar-refractivity contribution is -0.118. The Hall–Kier alpha value is -2.91. The molecule has 2 aliphatic heterocycles. The van der Waals surface area contributed by atoms with Gasteiger partial charge >= 0.3 is 0 Å². The molecule has 156 valence electrons. The average Bonchev–Trinajstić information content (AvgIpc) is 3.32. The van der Waals surface area contributed by atoms with Gasteiger partial charge < -0.3 is 15.0 Å². The molecule has 0 bridgehead atoms. The number of anilines is 1. The van der Waals surface area contributed by atoms with E-state index in [4.69, 9.17) is 4.74 Å². The van der Waals surface area contributed by atoms with Crippen LogP contribution in [0.2, 0.25) is 0 Å². The standard InChI is InChI=1S/C21H22N4O4S/c1-24-9-3-4-15(24)10-14-12-25(18-5-2-8-22-21(14)18)30(27,28)16-6-7-17-19(11-16)29-13-20(26)23-17/h2,5-8,11-12,15H,3-4,9-10,13H2,1H3,(H,23,26)/t15-/m0/s1. The topological polar surface area (TPSA) is 93.5 Å². The van der Waals surface area contributed by atoms with Gasteiger partial charge in [0.2, 0.25) is 0 Å². The third kappa shape index (κ3) is 3.14. The highest BCUT2D eigenvalue weighted by Crippen LogP contribution is 2.33. The SMILES string of the molecule is CN1CCC[C@H]1Cc1cn(S(=O)(=O)c2ccc3c(c2)OCC(=O)N3)c2cccnc12. The number of carbonyl (C=O) groups is 1. The smallest absolute Gasteiger partial charge is 0.268 e. The van der Waals surface area contributed by atoms with E-state index in [0.29, 0.717) is 28.5 Å². The maximum atomic E-state index is 13.5. The maximum Gasteiger partial charge on any atom is 0.268 e. The number of likely N-dealkylation sites (N-methyl/N-ethyl adjacent to an activating group) is 1. The van der Waals surface area contributed by atoms with E-state index in [2.05, 4.69) is 22.2 Å². The number of aromatic nitrogens is 2. The van der Waals surface area contributed by atoms with E-state index in [1.807, 2.05) is 0 Å². The second-order valence-corrected chi connectivity index (χ2v) is 9.62. The minimum absolute atomic E-state index is 0.0997. The Morgan fingerprint density at radius 3 is 2.97 bits per heavy atom. The molecular formula is C21H22N4O4S. The number of nitrogens with zero attached hydrogens (tertiary/aromatic N) is 3. The van der Waals surface area contributed by atoms with Crippen molar-refractivity contribution < 1.29 is 17.9 Å². The van der Waals surface area contributed by atoms with Crippen molar-refractivity contribution >= 4 is 32.7 Å². The molecule has 4 heterocycles. The Balaban J connectivity index is 1.58. The van der Waals surface area contributed by atoms with Gasteiger partial charge in [0.15, 0.2) is 6.61 Å². The number of fused-ring (bicyclic) bond motifs is 2. The van der Waals surface area contributed by atoms with E-state index in [1.54, 1.807) is 30.6 Å². The van der Waals surface area contributed by atoms with Crippen molar-refractivity contribution in [3.05, 3.63) is 48.3 Å². The van der Waals surface area contributed by atoms with E-state index in [0.717, 1.165) is 31.4 Å². The number of benzene rings is 1. The number of nitrogens with one attached hydrogen (secondary N) is 1. The van der Waals surface area contributed by atoms with E-state index in [9.17, 15) is 13.2 Å². The molecule has 0 spiro atoms. The first-order chi connectivity index (χ1) is 14.4. The number of amides is 1. The summed E-state index contributed by atoms with van der Waals surface area (Å²) < 4.78 is 33.7. The molecule has 2 aliphatic rings. The number of pyridine rings is 1. The van der Waals surface area contributed by atoms with Gasteiger partial charge in [-0.15, -0.1) is 0 Å². The quantitative estimate of drug-likeness (QED) is 0.688. The average molecular weight is 426 g/mol. The van der Waals surface area contributed by atoms with Crippen molar-refractivity contribution in [2.75, 3.05) is 25.5 Å². The predicted octanol–water partition coefficient (Wildman–Crippen LogP) is 2.24. The molecule has 1 atom stereocenters. The Morgan fingerprint density at radius 1 is 1.30 bits per heavy atom. The summed E-state index contributed by atoms with van der Waals surface area (Å²) in [4.78, 5) is 18.4. The Bertz CT molecular complexity index is 1250. The highest BCUT2D eigenvalue weighted by Gasteiger charge is 2.27. The van der Waals surface area contributed by atoms with Gasteiger partial charge in [-0.3, -0.25) is 9.78 Å². The van der Waals surface area contributed by atoms with Gasteiger partial charge in [0.25, 0.3) is 15.9 Å². The molecule has 3 aromatic rings. The molecule has 5 rings (SSSR count). The summed E-state index contributed by atoms with van der Waals surface area (Å²) in [5, 5.41) is 2.68.